The monoisotopic (exact) mass is 357 g/mol. The summed E-state index contributed by atoms with van der Waals surface area (Å²) in [5.74, 6) is 0.842. The predicted molar refractivity (Wildman–Crippen MR) is 98.7 cm³/mol. The quantitative estimate of drug-likeness (QED) is 0.558. The van der Waals surface area contributed by atoms with Gasteiger partial charge in [-0.05, 0) is 48.5 Å². The van der Waals surface area contributed by atoms with Crippen molar-refractivity contribution in [3.63, 3.8) is 0 Å². The molecule has 25 heavy (non-hydrogen) atoms. The number of nitrogens with one attached hydrogen (secondary N) is 3. The third kappa shape index (κ3) is 3.84. The average Bonchev–Trinajstić information content (AvgIpc) is 2.98. The van der Waals surface area contributed by atoms with Gasteiger partial charge in [0.1, 0.15) is 17.1 Å². The molecule has 7 nitrogen and oxygen atoms in total. The standard InChI is InChI=1S/C17H16ClN5O2/c1-25-13-8-6-11(7-9-13)20-16-14(15(19)22-23-16)17(24)21-12-4-2-10(18)3-5-12/h2-9H,1H3,(H,21,24)(H4,19,20,22,23). The highest BCUT2D eigenvalue weighted by molar-refractivity contribution is 6.30. The highest BCUT2D eigenvalue weighted by Crippen LogP contribution is 2.25. The van der Waals surface area contributed by atoms with Gasteiger partial charge in [-0.2, -0.15) is 5.10 Å². The van der Waals surface area contributed by atoms with Crippen LogP contribution >= 0.6 is 11.6 Å². The van der Waals surface area contributed by atoms with E-state index in [1.807, 2.05) is 12.1 Å². The molecule has 0 bridgehead atoms. The molecule has 0 radical (unpaired) electrons. The molecule has 1 heterocycles. The van der Waals surface area contributed by atoms with Crippen molar-refractivity contribution in [3.05, 3.63) is 59.1 Å². The van der Waals surface area contributed by atoms with Gasteiger partial charge in [0.15, 0.2) is 5.82 Å². The highest BCUT2D eigenvalue weighted by Gasteiger charge is 2.19. The highest BCUT2D eigenvalue weighted by atomic mass is 35.5. The summed E-state index contributed by atoms with van der Waals surface area (Å²) >= 11 is 5.84. The molecule has 8 heteroatoms. The number of hydrogen-bond acceptors (Lipinski definition) is 5. The fourth-order valence-electron chi connectivity index (χ4n) is 2.21. The van der Waals surface area contributed by atoms with Crippen molar-refractivity contribution in [2.75, 3.05) is 23.5 Å². The molecule has 0 fully saturated rings. The smallest absolute Gasteiger partial charge is 0.263 e. The number of nitrogens with zero attached hydrogens (tertiary/aromatic N) is 1. The number of halogens is 1. The van der Waals surface area contributed by atoms with Gasteiger partial charge in [0.25, 0.3) is 5.91 Å². The molecule has 0 unspecified atom stereocenters. The Hall–Kier alpha value is -3.19. The zero-order valence-electron chi connectivity index (χ0n) is 13.3. The Kier molecular flexibility index (Phi) is 4.76. The summed E-state index contributed by atoms with van der Waals surface area (Å²) in [6.07, 6.45) is 0. The number of amides is 1. The molecule has 0 saturated heterocycles. The molecule has 128 valence electrons. The lowest BCUT2D eigenvalue weighted by molar-refractivity contribution is 0.102. The Bertz CT molecular complexity index is 875. The molecular formula is C17H16ClN5O2. The first kappa shape index (κ1) is 16.7. The molecule has 1 amide bonds. The van der Waals surface area contributed by atoms with Gasteiger partial charge in [0, 0.05) is 16.4 Å². The van der Waals surface area contributed by atoms with Crippen molar-refractivity contribution in [1.29, 1.82) is 0 Å². The number of H-pyrrole nitrogens is 1. The van der Waals surface area contributed by atoms with Crippen molar-refractivity contribution in [1.82, 2.24) is 10.2 Å². The first-order valence-corrected chi connectivity index (χ1v) is 7.76. The van der Waals surface area contributed by atoms with E-state index in [9.17, 15) is 4.79 Å². The molecule has 2 aromatic carbocycles. The zero-order valence-corrected chi connectivity index (χ0v) is 14.1. The van der Waals surface area contributed by atoms with Gasteiger partial charge < -0.3 is 21.1 Å². The maximum Gasteiger partial charge on any atom is 0.263 e. The number of anilines is 4. The van der Waals surface area contributed by atoms with Crippen LogP contribution in [0, 0.1) is 0 Å². The molecule has 3 aromatic rings. The minimum Gasteiger partial charge on any atom is -0.497 e. The van der Waals surface area contributed by atoms with Crippen LogP contribution in [0.15, 0.2) is 48.5 Å². The fraction of sp³-hybridized carbons (Fsp3) is 0.0588. The molecule has 0 spiro atoms. The summed E-state index contributed by atoms with van der Waals surface area (Å²) in [5.41, 5.74) is 7.43. The number of hydrogen-bond donors (Lipinski definition) is 4. The van der Waals surface area contributed by atoms with Gasteiger partial charge in [-0.25, -0.2) is 0 Å². The van der Waals surface area contributed by atoms with Crippen LogP contribution < -0.4 is 21.1 Å². The van der Waals surface area contributed by atoms with Crippen LogP contribution in [0.4, 0.5) is 23.0 Å². The molecule has 0 atom stereocenters. The number of aromatic amines is 1. The van der Waals surface area contributed by atoms with Gasteiger partial charge in [0.05, 0.1) is 7.11 Å². The van der Waals surface area contributed by atoms with Gasteiger partial charge in [-0.3, -0.25) is 9.89 Å². The van der Waals surface area contributed by atoms with Gasteiger partial charge in [0.2, 0.25) is 0 Å². The van der Waals surface area contributed by atoms with Crippen LogP contribution in [0.25, 0.3) is 0 Å². The van der Waals surface area contributed by atoms with E-state index in [2.05, 4.69) is 20.8 Å². The van der Waals surface area contributed by atoms with Gasteiger partial charge in [-0.15, -0.1) is 0 Å². The lowest BCUT2D eigenvalue weighted by Crippen LogP contribution is -2.14. The van der Waals surface area contributed by atoms with E-state index >= 15 is 0 Å². The van der Waals surface area contributed by atoms with E-state index < -0.39 is 0 Å². The number of ether oxygens (including phenoxy) is 1. The van der Waals surface area contributed by atoms with Crippen LogP contribution in [-0.2, 0) is 0 Å². The maximum absolute atomic E-state index is 12.5. The van der Waals surface area contributed by atoms with Crippen LogP contribution in [0.1, 0.15) is 10.4 Å². The summed E-state index contributed by atoms with van der Waals surface area (Å²) in [6, 6.07) is 14.0. The minimum absolute atomic E-state index is 0.169. The van der Waals surface area contributed by atoms with Crippen molar-refractivity contribution in [3.8, 4) is 5.75 Å². The van der Waals surface area contributed by atoms with E-state index in [-0.39, 0.29) is 17.3 Å². The van der Waals surface area contributed by atoms with Crippen molar-refractivity contribution in [2.45, 2.75) is 0 Å². The fourth-order valence-corrected chi connectivity index (χ4v) is 2.34. The van der Waals surface area contributed by atoms with Crippen LogP contribution in [0.5, 0.6) is 5.75 Å². The minimum atomic E-state index is -0.385. The van der Waals surface area contributed by atoms with Crippen molar-refractivity contribution < 1.29 is 9.53 Å². The molecule has 3 rings (SSSR count). The number of methoxy groups -OCH3 is 1. The molecule has 0 aliphatic rings. The number of benzene rings is 2. The predicted octanol–water partition coefficient (Wildman–Crippen LogP) is 3.65. The molecule has 0 aliphatic heterocycles. The normalized spacial score (nSPS) is 10.3. The number of nitrogen functional groups attached to an aromatic ring is 1. The third-order valence-corrected chi connectivity index (χ3v) is 3.73. The average molecular weight is 358 g/mol. The van der Waals surface area contributed by atoms with Crippen LogP contribution in [0.3, 0.4) is 0 Å². The van der Waals surface area contributed by atoms with E-state index in [1.165, 1.54) is 0 Å². The number of carbonyl (C=O) groups is 1. The largest absolute Gasteiger partial charge is 0.497 e. The summed E-state index contributed by atoms with van der Waals surface area (Å²) < 4.78 is 5.12. The van der Waals surface area contributed by atoms with Gasteiger partial charge >= 0.3 is 0 Å². The molecule has 1 aromatic heterocycles. The topological polar surface area (TPSA) is 105 Å². The summed E-state index contributed by atoms with van der Waals surface area (Å²) in [6.45, 7) is 0. The molecule has 5 N–H and O–H groups in total. The summed E-state index contributed by atoms with van der Waals surface area (Å²) in [5, 5.41) is 13.1. The SMILES string of the molecule is COc1ccc(Nc2n[nH]c(N)c2C(=O)Nc2ccc(Cl)cc2)cc1. The number of aromatic nitrogens is 2. The van der Waals surface area contributed by atoms with E-state index in [1.54, 1.807) is 43.5 Å². The maximum atomic E-state index is 12.5. The van der Waals surface area contributed by atoms with E-state index in [0.29, 0.717) is 16.5 Å². The first-order chi connectivity index (χ1) is 12.1. The van der Waals surface area contributed by atoms with E-state index in [4.69, 9.17) is 22.1 Å². The van der Waals surface area contributed by atoms with Crippen LogP contribution in [-0.4, -0.2) is 23.2 Å². The van der Waals surface area contributed by atoms with Gasteiger partial charge in [-0.1, -0.05) is 11.6 Å². The number of carbonyl (C=O) groups excluding carboxylic acids is 1. The number of rotatable bonds is 5. The Morgan fingerprint density at radius 3 is 2.40 bits per heavy atom. The van der Waals surface area contributed by atoms with Crippen molar-refractivity contribution >= 4 is 40.5 Å². The molecule has 0 aliphatic carbocycles. The molecular weight excluding hydrogens is 342 g/mol. The Morgan fingerprint density at radius 1 is 1.12 bits per heavy atom. The number of nitrogens with two attached hydrogens (primary N) is 1. The first-order valence-electron chi connectivity index (χ1n) is 7.38. The zero-order chi connectivity index (χ0) is 17.8. The Morgan fingerprint density at radius 2 is 1.76 bits per heavy atom. The molecule has 0 saturated carbocycles. The second-order valence-electron chi connectivity index (χ2n) is 5.18. The third-order valence-electron chi connectivity index (χ3n) is 3.48. The summed E-state index contributed by atoms with van der Waals surface area (Å²) in [7, 11) is 1.59. The summed E-state index contributed by atoms with van der Waals surface area (Å²) in [4.78, 5) is 12.5. The van der Waals surface area contributed by atoms with E-state index in [0.717, 1.165) is 11.4 Å². The lowest BCUT2D eigenvalue weighted by Gasteiger charge is -2.08. The second-order valence-corrected chi connectivity index (χ2v) is 5.61. The Labute approximate surface area is 149 Å². The van der Waals surface area contributed by atoms with Crippen molar-refractivity contribution in [2.24, 2.45) is 0 Å². The lowest BCUT2D eigenvalue weighted by atomic mass is 10.2. The van der Waals surface area contributed by atoms with Crippen LogP contribution in [0.2, 0.25) is 5.02 Å². The Balaban J connectivity index is 1.80. The second kappa shape index (κ2) is 7.14.